The summed E-state index contributed by atoms with van der Waals surface area (Å²) in [6.45, 7) is -0.866. The van der Waals surface area contributed by atoms with Gasteiger partial charge in [0.05, 0.1) is 12.2 Å². The summed E-state index contributed by atoms with van der Waals surface area (Å²) in [5.41, 5.74) is -1.19. The number of hydrogen-bond acceptors (Lipinski definition) is 7. The van der Waals surface area contributed by atoms with Gasteiger partial charge in [-0.2, -0.15) is 18.2 Å². The molecule has 0 aliphatic carbocycles. The Labute approximate surface area is 149 Å². The first kappa shape index (κ1) is 18.9. The number of nitrogens with one attached hydrogen (secondary N) is 1. The third kappa shape index (κ3) is 3.54. The van der Waals surface area contributed by atoms with Crippen LogP contribution in [0.3, 0.4) is 0 Å². The molecule has 2 aromatic rings. The number of ether oxygens (including phenoxy) is 1. The second-order valence-corrected chi connectivity index (χ2v) is 5.66. The minimum atomic E-state index is -3.84. The molecule has 1 amide bonds. The van der Waals surface area contributed by atoms with E-state index < -0.39 is 48.5 Å². The number of alkyl halides is 2. The SMILES string of the molecule is O=C(Nc1ccn([C@@H]2O[C@H](CO)[C@@H](O)C2(F)F)c(=O)n1)c1ccc(F)nc1. The second-order valence-electron chi connectivity index (χ2n) is 5.66. The third-order valence-corrected chi connectivity index (χ3v) is 3.87. The molecular formula is C15H13F3N4O5. The first-order valence-electron chi connectivity index (χ1n) is 7.58. The van der Waals surface area contributed by atoms with Crippen molar-refractivity contribution in [2.24, 2.45) is 0 Å². The number of amides is 1. The van der Waals surface area contributed by atoms with Crippen LogP contribution in [0.5, 0.6) is 0 Å². The maximum Gasteiger partial charge on any atom is 0.351 e. The maximum absolute atomic E-state index is 14.1. The van der Waals surface area contributed by atoms with Crippen LogP contribution in [0.4, 0.5) is 19.0 Å². The summed E-state index contributed by atoms with van der Waals surface area (Å²) in [5.74, 6) is -5.62. The van der Waals surface area contributed by atoms with E-state index in [0.717, 1.165) is 30.6 Å². The van der Waals surface area contributed by atoms with Crippen LogP contribution < -0.4 is 11.0 Å². The molecule has 0 aromatic carbocycles. The van der Waals surface area contributed by atoms with Crippen LogP contribution in [0.15, 0.2) is 35.4 Å². The molecule has 0 saturated carbocycles. The zero-order valence-electron chi connectivity index (χ0n) is 13.4. The first-order valence-corrected chi connectivity index (χ1v) is 7.58. The third-order valence-electron chi connectivity index (χ3n) is 3.87. The van der Waals surface area contributed by atoms with Gasteiger partial charge in [-0.3, -0.25) is 9.36 Å². The lowest BCUT2D eigenvalue weighted by molar-refractivity contribution is -0.140. The van der Waals surface area contributed by atoms with Crippen molar-refractivity contribution >= 4 is 11.7 Å². The molecule has 3 N–H and O–H groups in total. The maximum atomic E-state index is 14.1. The lowest BCUT2D eigenvalue weighted by Gasteiger charge is -2.21. The van der Waals surface area contributed by atoms with Crippen molar-refractivity contribution in [3.05, 3.63) is 52.6 Å². The van der Waals surface area contributed by atoms with E-state index in [-0.39, 0.29) is 11.4 Å². The lowest BCUT2D eigenvalue weighted by atomic mass is 10.1. The predicted octanol–water partition coefficient (Wildman–Crippen LogP) is -0.0844. The quantitative estimate of drug-likeness (QED) is 0.627. The second kappa shape index (κ2) is 7.06. The van der Waals surface area contributed by atoms with Gasteiger partial charge < -0.3 is 20.3 Å². The van der Waals surface area contributed by atoms with Crippen molar-refractivity contribution in [1.29, 1.82) is 0 Å². The Balaban J connectivity index is 1.81. The smallest absolute Gasteiger partial charge is 0.351 e. The molecular weight excluding hydrogens is 373 g/mol. The van der Waals surface area contributed by atoms with E-state index in [1.165, 1.54) is 0 Å². The van der Waals surface area contributed by atoms with E-state index in [1.807, 2.05) is 0 Å². The molecule has 27 heavy (non-hydrogen) atoms. The number of aliphatic hydroxyl groups is 2. The summed E-state index contributed by atoms with van der Waals surface area (Å²) in [4.78, 5) is 30.8. The highest BCUT2D eigenvalue weighted by Crippen LogP contribution is 2.41. The van der Waals surface area contributed by atoms with E-state index in [0.29, 0.717) is 4.57 Å². The van der Waals surface area contributed by atoms with Crippen molar-refractivity contribution in [2.75, 3.05) is 11.9 Å². The largest absolute Gasteiger partial charge is 0.394 e. The van der Waals surface area contributed by atoms with E-state index in [9.17, 15) is 27.9 Å². The highest BCUT2D eigenvalue weighted by atomic mass is 19.3. The van der Waals surface area contributed by atoms with Gasteiger partial charge in [-0.1, -0.05) is 0 Å². The zero-order chi connectivity index (χ0) is 19.8. The summed E-state index contributed by atoms with van der Waals surface area (Å²) in [6.07, 6.45) is -4.17. The molecule has 3 rings (SSSR count). The fraction of sp³-hybridized carbons (Fsp3) is 0.333. The molecule has 0 spiro atoms. The number of carbonyl (C=O) groups is 1. The molecule has 1 aliphatic heterocycles. The minimum absolute atomic E-state index is 0.0121. The highest BCUT2D eigenvalue weighted by molar-refractivity contribution is 6.03. The van der Waals surface area contributed by atoms with Crippen LogP contribution in [0, 0.1) is 5.95 Å². The Morgan fingerprint density at radius 1 is 1.37 bits per heavy atom. The van der Waals surface area contributed by atoms with Gasteiger partial charge in [0.2, 0.25) is 12.2 Å². The van der Waals surface area contributed by atoms with Crippen LogP contribution in [-0.2, 0) is 4.74 Å². The topological polar surface area (TPSA) is 127 Å². The standard InChI is InChI=1S/C15H13F3N4O5/c16-9-2-1-7(5-19-9)12(25)20-10-3-4-22(14(26)21-10)13-15(17,18)11(24)8(6-23)27-13/h1-5,8,11,13,23-24H,6H2,(H,20,21,25,26)/t8-,11-,13-/m1/s1. The number of aromatic nitrogens is 3. The molecule has 1 aliphatic rings. The number of rotatable bonds is 4. The Kier molecular flexibility index (Phi) is 4.95. The van der Waals surface area contributed by atoms with Gasteiger partial charge in [0.25, 0.3) is 5.91 Å². The summed E-state index contributed by atoms with van der Waals surface area (Å²) in [6, 6.07) is 3.18. The molecule has 3 heterocycles. The van der Waals surface area contributed by atoms with Crippen LogP contribution >= 0.6 is 0 Å². The predicted molar refractivity (Wildman–Crippen MR) is 82.6 cm³/mol. The normalized spacial score (nSPS) is 24.0. The van der Waals surface area contributed by atoms with E-state index in [2.05, 4.69) is 15.3 Å². The van der Waals surface area contributed by atoms with Crippen LogP contribution in [0.1, 0.15) is 16.6 Å². The molecule has 0 radical (unpaired) electrons. The minimum Gasteiger partial charge on any atom is -0.394 e. The van der Waals surface area contributed by atoms with E-state index in [1.54, 1.807) is 0 Å². The lowest BCUT2D eigenvalue weighted by Crippen LogP contribution is -2.41. The molecule has 9 nitrogen and oxygen atoms in total. The van der Waals surface area contributed by atoms with Crippen molar-refractivity contribution in [1.82, 2.24) is 14.5 Å². The fourth-order valence-corrected chi connectivity index (χ4v) is 2.48. The number of aliphatic hydroxyl groups excluding tert-OH is 2. The first-order chi connectivity index (χ1) is 12.7. The monoisotopic (exact) mass is 386 g/mol. The highest BCUT2D eigenvalue weighted by Gasteiger charge is 2.59. The van der Waals surface area contributed by atoms with Gasteiger partial charge in [0.1, 0.15) is 11.9 Å². The number of halogens is 3. The van der Waals surface area contributed by atoms with Crippen molar-refractivity contribution in [2.45, 2.75) is 24.4 Å². The Morgan fingerprint density at radius 3 is 2.67 bits per heavy atom. The summed E-state index contributed by atoms with van der Waals surface area (Å²) in [7, 11) is 0. The summed E-state index contributed by atoms with van der Waals surface area (Å²) in [5, 5.41) is 20.7. The van der Waals surface area contributed by atoms with Gasteiger partial charge in [-0.05, 0) is 18.2 Å². The van der Waals surface area contributed by atoms with E-state index in [4.69, 9.17) is 9.84 Å². The van der Waals surface area contributed by atoms with Gasteiger partial charge in [0, 0.05) is 12.4 Å². The summed E-state index contributed by atoms with van der Waals surface area (Å²) >= 11 is 0. The number of pyridine rings is 1. The molecule has 0 bridgehead atoms. The molecule has 144 valence electrons. The molecule has 0 unspecified atom stereocenters. The van der Waals surface area contributed by atoms with Gasteiger partial charge >= 0.3 is 11.6 Å². The fourth-order valence-electron chi connectivity index (χ4n) is 2.48. The average molecular weight is 386 g/mol. The molecule has 3 atom stereocenters. The summed E-state index contributed by atoms with van der Waals surface area (Å²) < 4.78 is 46.2. The van der Waals surface area contributed by atoms with Gasteiger partial charge in [-0.25, -0.2) is 9.78 Å². The van der Waals surface area contributed by atoms with Crippen LogP contribution in [-0.4, -0.2) is 55.4 Å². The Bertz CT molecular complexity index is 905. The number of hydrogen-bond donors (Lipinski definition) is 3. The molecule has 1 fully saturated rings. The van der Waals surface area contributed by atoms with Gasteiger partial charge in [0.15, 0.2) is 6.10 Å². The number of anilines is 1. The molecule has 2 aromatic heterocycles. The average Bonchev–Trinajstić information content (AvgIpc) is 2.85. The van der Waals surface area contributed by atoms with E-state index >= 15 is 0 Å². The van der Waals surface area contributed by atoms with Crippen molar-refractivity contribution in [3.63, 3.8) is 0 Å². The Morgan fingerprint density at radius 2 is 2.11 bits per heavy atom. The van der Waals surface area contributed by atoms with Crippen LogP contribution in [0.2, 0.25) is 0 Å². The molecule has 12 heteroatoms. The number of nitrogens with zero attached hydrogens (tertiary/aromatic N) is 3. The Hall–Kier alpha value is -2.83. The van der Waals surface area contributed by atoms with Crippen molar-refractivity contribution < 1.29 is 32.9 Å². The number of carbonyl (C=O) groups excluding carboxylic acids is 1. The zero-order valence-corrected chi connectivity index (χ0v) is 13.4. The van der Waals surface area contributed by atoms with Crippen molar-refractivity contribution in [3.8, 4) is 0 Å². The van der Waals surface area contributed by atoms with Crippen LogP contribution in [0.25, 0.3) is 0 Å². The van der Waals surface area contributed by atoms with Gasteiger partial charge in [-0.15, -0.1) is 0 Å². The molecule has 1 saturated heterocycles.